The summed E-state index contributed by atoms with van der Waals surface area (Å²) in [5.74, 6) is 1.92. The van der Waals surface area contributed by atoms with Crippen LogP contribution in [0.2, 0.25) is 0 Å². The van der Waals surface area contributed by atoms with E-state index in [1.54, 1.807) is 12.1 Å². The van der Waals surface area contributed by atoms with Gasteiger partial charge in [-0.25, -0.2) is 13.4 Å². The van der Waals surface area contributed by atoms with Crippen LogP contribution in [-0.4, -0.2) is 19.7 Å². The molecule has 0 amide bonds. The van der Waals surface area contributed by atoms with Crippen molar-refractivity contribution in [1.29, 1.82) is 0 Å². The van der Waals surface area contributed by atoms with Crippen LogP contribution in [0.5, 0.6) is 0 Å². The van der Waals surface area contributed by atoms with Crippen molar-refractivity contribution >= 4 is 9.84 Å². The molecule has 0 aliphatic heterocycles. The zero-order valence-corrected chi connectivity index (χ0v) is 14.5. The molecule has 0 spiro atoms. The Morgan fingerprint density at radius 1 is 1.04 bits per heavy atom. The summed E-state index contributed by atoms with van der Waals surface area (Å²) in [7, 11) is -3.18. The fourth-order valence-corrected chi connectivity index (χ4v) is 3.96. The number of sulfone groups is 1. The van der Waals surface area contributed by atoms with Crippen LogP contribution >= 0.6 is 0 Å². The summed E-state index contributed by atoms with van der Waals surface area (Å²) in [6, 6.07) is 6.91. The molecule has 124 valence electrons. The second kappa shape index (κ2) is 6.48. The van der Waals surface area contributed by atoms with Crippen molar-refractivity contribution in [2.45, 2.75) is 56.3 Å². The van der Waals surface area contributed by atoms with Crippen molar-refractivity contribution in [1.82, 2.24) is 4.98 Å². The first kappa shape index (κ1) is 16.2. The Balaban J connectivity index is 1.96. The van der Waals surface area contributed by atoms with Gasteiger partial charge in [-0.15, -0.1) is 0 Å². The Bertz CT molecular complexity index is 767. The van der Waals surface area contributed by atoms with Gasteiger partial charge < -0.3 is 4.42 Å². The summed E-state index contributed by atoms with van der Waals surface area (Å²) in [5, 5.41) is 0. The van der Waals surface area contributed by atoms with Gasteiger partial charge in [-0.1, -0.05) is 25.7 Å². The van der Waals surface area contributed by atoms with Gasteiger partial charge in [0.1, 0.15) is 0 Å². The topological polar surface area (TPSA) is 60.2 Å². The number of hydrogen-bond acceptors (Lipinski definition) is 4. The molecule has 2 aromatic rings. The Hall–Kier alpha value is -1.62. The lowest BCUT2D eigenvalue weighted by atomic mass is 9.94. The number of aromatic nitrogens is 1. The van der Waals surface area contributed by atoms with E-state index in [1.165, 1.54) is 31.9 Å². The smallest absolute Gasteiger partial charge is 0.192 e. The van der Waals surface area contributed by atoms with E-state index in [4.69, 9.17) is 4.42 Å². The predicted molar refractivity (Wildman–Crippen MR) is 90.2 cm³/mol. The molecule has 1 saturated carbocycles. The molecule has 1 aliphatic carbocycles. The minimum absolute atomic E-state index is 0.327. The molecule has 0 N–H and O–H groups in total. The highest BCUT2D eigenvalue weighted by atomic mass is 32.2. The molecule has 3 rings (SSSR count). The zero-order valence-electron chi connectivity index (χ0n) is 13.7. The van der Waals surface area contributed by atoms with Crippen LogP contribution in [0.15, 0.2) is 33.6 Å². The molecule has 4 nitrogen and oxygen atoms in total. The Labute approximate surface area is 137 Å². The van der Waals surface area contributed by atoms with Gasteiger partial charge >= 0.3 is 0 Å². The number of hydrogen-bond donors (Lipinski definition) is 0. The molecule has 1 heterocycles. The molecule has 1 fully saturated rings. The second-order valence-electron chi connectivity index (χ2n) is 6.43. The van der Waals surface area contributed by atoms with E-state index in [0.29, 0.717) is 16.7 Å². The molecule has 0 bridgehead atoms. The average Bonchev–Trinajstić information content (AvgIpc) is 2.73. The second-order valence-corrected chi connectivity index (χ2v) is 8.45. The molecule has 0 saturated heterocycles. The predicted octanol–water partition coefficient (Wildman–Crippen LogP) is 4.49. The maximum absolute atomic E-state index is 11.6. The van der Waals surface area contributed by atoms with Gasteiger partial charge in [-0.05, 0) is 37.1 Å². The maximum atomic E-state index is 11.6. The lowest BCUT2D eigenvalue weighted by molar-refractivity contribution is 0.530. The number of nitrogens with zero attached hydrogens (tertiary/aromatic N) is 1. The van der Waals surface area contributed by atoms with Crippen LogP contribution in [0.1, 0.15) is 56.0 Å². The van der Waals surface area contributed by atoms with Crippen molar-refractivity contribution in [3.8, 4) is 11.3 Å². The molecule has 5 heteroatoms. The highest BCUT2D eigenvalue weighted by molar-refractivity contribution is 7.90. The van der Waals surface area contributed by atoms with E-state index in [-0.39, 0.29) is 0 Å². The first-order valence-corrected chi connectivity index (χ1v) is 10.1. The van der Waals surface area contributed by atoms with Crippen LogP contribution in [0.3, 0.4) is 0 Å². The third-order valence-electron chi connectivity index (χ3n) is 4.55. The minimum atomic E-state index is -3.18. The molecular formula is C18H23NO3S. The van der Waals surface area contributed by atoms with Gasteiger partial charge in [-0.3, -0.25) is 0 Å². The van der Waals surface area contributed by atoms with Crippen molar-refractivity contribution < 1.29 is 12.8 Å². The standard InChI is InChI=1S/C18H23NO3S/c1-13-19-17(14-7-5-3-4-6-8-14)18(22-13)15-9-11-16(12-10-15)23(2,20)21/h9-12,14H,3-8H2,1-2H3. The van der Waals surface area contributed by atoms with Crippen molar-refractivity contribution in [2.24, 2.45) is 0 Å². The fraction of sp³-hybridized carbons (Fsp3) is 0.500. The highest BCUT2D eigenvalue weighted by Crippen LogP contribution is 2.37. The minimum Gasteiger partial charge on any atom is -0.441 e. The van der Waals surface area contributed by atoms with E-state index in [2.05, 4.69) is 4.98 Å². The SMILES string of the molecule is Cc1nc(C2CCCCCC2)c(-c2ccc(S(C)(=O)=O)cc2)o1. The lowest BCUT2D eigenvalue weighted by Crippen LogP contribution is -2.00. The van der Waals surface area contributed by atoms with E-state index in [9.17, 15) is 8.42 Å². The Morgan fingerprint density at radius 2 is 1.65 bits per heavy atom. The summed E-state index contributed by atoms with van der Waals surface area (Å²) in [6.45, 7) is 1.87. The molecule has 0 unspecified atom stereocenters. The van der Waals surface area contributed by atoms with Gasteiger partial charge in [0.25, 0.3) is 0 Å². The van der Waals surface area contributed by atoms with Crippen LogP contribution < -0.4 is 0 Å². The summed E-state index contributed by atoms with van der Waals surface area (Å²) in [5.41, 5.74) is 1.94. The van der Waals surface area contributed by atoms with E-state index in [1.807, 2.05) is 19.1 Å². The van der Waals surface area contributed by atoms with Crippen LogP contribution in [0.25, 0.3) is 11.3 Å². The fourth-order valence-electron chi connectivity index (χ4n) is 3.33. The monoisotopic (exact) mass is 333 g/mol. The van der Waals surface area contributed by atoms with Crippen LogP contribution in [0, 0.1) is 6.92 Å². The molecule has 1 aromatic heterocycles. The van der Waals surface area contributed by atoms with Gasteiger partial charge in [-0.2, -0.15) is 0 Å². The van der Waals surface area contributed by atoms with Crippen molar-refractivity contribution in [2.75, 3.05) is 6.26 Å². The largest absolute Gasteiger partial charge is 0.441 e. The summed E-state index contributed by atoms with van der Waals surface area (Å²) in [6.07, 6.45) is 8.60. The molecule has 1 aromatic carbocycles. The first-order chi connectivity index (χ1) is 10.9. The number of aryl methyl sites for hydroxylation is 1. The third-order valence-corrected chi connectivity index (χ3v) is 5.68. The number of rotatable bonds is 3. The molecular weight excluding hydrogens is 310 g/mol. The third kappa shape index (κ3) is 3.66. The summed E-state index contributed by atoms with van der Waals surface area (Å²) in [4.78, 5) is 4.97. The van der Waals surface area contributed by atoms with Crippen molar-refractivity contribution in [3.63, 3.8) is 0 Å². The Kier molecular flexibility index (Phi) is 4.57. The highest BCUT2D eigenvalue weighted by Gasteiger charge is 2.23. The summed E-state index contributed by atoms with van der Waals surface area (Å²) >= 11 is 0. The van der Waals surface area contributed by atoms with Crippen LogP contribution in [-0.2, 0) is 9.84 Å². The molecule has 0 radical (unpaired) electrons. The van der Waals surface area contributed by atoms with Gasteiger partial charge in [0, 0.05) is 24.7 Å². The normalized spacial score (nSPS) is 17.1. The number of benzene rings is 1. The van der Waals surface area contributed by atoms with Gasteiger partial charge in [0.2, 0.25) is 0 Å². The molecule has 1 aliphatic rings. The first-order valence-electron chi connectivity index (χ1n) is 8.23. The van der Waals surface area contributed by atoms with Gasteiger partial charge in [0.05, 0.1) is 10.6 Å². The molecule has 23 heavy (non-hydrogen) atoms. The average molecular weight is 333 g/mol. The van der Waals surface area contributed by atoms with Gasteiger partial charge in [0.15, 0.2) is 21.5 Å². The van der Waals surface area contributed by atoms with E-state index >= 15 is 0 Å². The quantitative estimate of drug-likeness (QED) is 0.776. The summed E-state index contributed by atoms with van der Waals surface area (Å²) < 4.78 is 29.1. The number of oxazole rings is 1. The molecule has 0 atom stereocenters. The zero-order chi connectivity index (χ0) is 16.4. The maximum Gasteiger partial charge on any atom is 0.192 e. The van der Waals surface area contributed by atoms with E-state index in [0.717, 1.165) is 29.9 Å². The van der Waals surface area contributed by atoms with E-state index < -0.39 is 9.84 Å². The van der Waals surface area contributed by atoms with Crippen molar-refractivity contribution in [3.05, 3.63) is 35.9 Å². The van der Waals surface area contributed by atoms with Crippen LogP contribution in [0.4, 0.5) is 0 Å². The Morgan fingerprint density at radius 3 is 2.22 bits per heavy atom. The lowest BCUT2D eigenvalue weighted by Gasteiger charge is -2.12.